The number of nitrogens with zero attached hydrogens (tertiary/aromatic N) is 1. The van der Waals surface area contributed by atoms with E-state index in [2.05, 4.69) is 4.98 Å². The van der Waals surface area contributed by atoms with Crippen molar-refractivity contribution < 1.29 is 14.3 Å². The Kier molecular flexibility index (Phi) is 2.84. The quantitative estimate of drug-likeness (QED) is 0.800. The summed E-state index contributed by atoms with van der Waals surface area (Å²) < 4.78 is 11.0. The first kappa shape index (κ1) is 9.68. The second kappa shape index (κ2) is 4.11. The van der Waals surface area contributed by atoms with E-state index in [0.717, 1.165) is 25.2 Å². The largest absolute Gasteiger partial charge is 0.442 e. The minimum Gasteiger partial charge on any atom is -0.442 e. The molecule has 2 rings (SSSR count). The van der Waals surface area contributed by atoms with Crippen LogP contribution in [-0.4, -0.2) is 23.3 Å². The molecule has 4 nitrogen and oxygen atoms in total. The molecule has 0 aliphatic carbocycles. The molecule has 0 radical (unpaired) electrons. The van der Waals surface area contributed by atoms with Gasteiger partial charge in [-0.1, -0.05) is 6.92 Å². The number of ether oxygens (including phenoxy) is 1. The molecule has 78 valence electrons. The van der Waals surface area contributed by atoms with Crippen LogP contribution in [0.1, 0.15) is 43.4 Å². The first-order valence-electron chi connectivity index (χ1n) is 4.99. The van der Waals surface area contributed by atoms with Gasteiger partial charge in [-0.25, -0.2) is 4.98 Å². The molecule has 1 saturated heterocycles. The number of aromatic nitrogens is 1. The topological polar surface area (TPSA) is 55.5 Å². The van der Waals surface area contributed by atoms with Gasteiger partial charge in [0, 0.05) is 12.5 Å². The molecular weight excluding hydrogens is 182 g/mol. The molecular formula is C10H15NO3. The van der Waals surface area contributed by atoms with Gasteiger partial charge >= 0.3 is 0 Å². The maximum atomic E-state index is 8.94. The maximum absolute atomic E-state index is 8.94. The lowest BCUT2D eigenvalue weighted by atomic mass is 10.1. The predicted octanol–water partition coefficient (Wildman–Crippen LogP) is 1.62. The van der Waals surface area contributed by atoms with Gasteiger partial charge in [0.1, 0.15) is 11.9 Å². The van der Waals surface area contributed by atoms with Crippen molar-refractivity contribution in [1.29, 1.82) is 0 Å². The van der Waals surface area contributed by atoms with Crippen molar-refractivity contribution in [3.8, 4) is 0 Å². The van der Waals surface area contributed by atoms with Crippen molar-refractivity contribution in [2.24, 2.45) is 0 Å². The van der Waals surface area contributed by atoms with E-state index < -0.39 is 0 Å². The monoisotopic (exact) mass is 197 g/mol. The average molecular weight is 197 g/mol. The summed E-state index contributed by atoms with van der Waals surface area (Å²) in [6.45, 7) is 2.78. The Bertz CT molecular complexity index is 291. The van der Waals surface area contributed by atoms with Crippen molar-refractivity contribution in [2.45, 2.75) is 31.8 Å². The van der Waals surface area contributed by atoms with E-state index in [4.69, 9.17) is 14.3 Å². The van der Waals surface area contributed by atoms with Crippen LogP contribution in [0, 0.1) is 0 Å². The standard InChI is InChI=1S/C10H15NO3/c1-7(6-12)9-5-11-10(14-9)8-3-2-4-13-8/h5,7-8,12H,2-4,6H2,1H3. The molecule has 2 unspecified atom stereocenters. The lowest BCUT2D eigenvalue weighted by Gasteiger charge is -2.04. The SMILES string of the molecule is CC(CO)c1cnc(C2CCCO2)o1. The van der Waals surface area contributed by atoms with Crippen LogP contribution in [0.5, 0.6) is 0 Å². The minimum absolute atomic E-state index is 0.0117. The van der Waals surface area contributed by atoms with Gasteiger partial charge in [0.15, 0.2) is 0 Å². The molecule has 1 N–H and O–H groups in total. The van der Waals surface area contributed by atoms with E-state index in [9.17, 15) is 0 Å². The van der Waals surface area contributed by atoms with Crippen LogP contribution in [0.2, 0.25) is 0 Å². The van der Waals surface area contributed by atoms with Crippen LogP contribution in [0.25, 0.3) is 0 Å². The zero-order valence-corrected chi connectivity index (χ0v) is 8.27. The van der Waals surface area contributed by atoms with Crippen molar-refractivity contribution >= 4 is 0 Å². The molecule has 0 spiro atoms. The predicted molar refractivity (Wildman–Crippen MR) is 49.9 cm³/mol. The third-order valence-electron chi connectivity index (χ3n) is 2.51. The van der Waals surface area contributed by atoms with Crippen molar-refractivity contribution in [2.75, 3.05) is 13.2 Å². The lowest BCUT2D eigenvalue weighted by Crippen LogP contribution is -1.97. The Morgan fingerprint density at radius 1 is 1.71 bits per heavy atom. The second-order valence-corrected chi connectivity index (χ2v) is 3.69. The molecule has 2 atom stereocenters. The van der Waals surface area contributed by atoms with Crippen LogP contribution >= 0.6 is 0 Å². The third kappa shape index (κ3) is 1.81. The summed E-state index contributed by atoms with van der Waals surface area (Å²) in [6, 6.07) is 0. The molecule has 0 amide bonds. The summed E-state index contributed by atoms with van der Waals surface area (Å²) >= 11 is 0. The van der Waals surface area contributed by atoms with Crippen LogP contribution < -0.4 is 0 Å². The van der Waals surface area contributed by atoms with Gasteiger partial charge in [-0.3, -0.25) is 0 Å². The van der Waals surface area contributed by atoms with Gasteiger partial charge in [-0.05, 0) is 12.8 Å². The molecule has 1 aromatic rings. The molecule has 1 aliphatic rings. The zero-order chi connectivity index (χ0) is 9.97. The number of oxazole rings is 1. The maximum Gasteiger partial charge on any atom is 0.223 e. The lowest BCUT2D eigenvalue weighted by molar-refractivity contribution is 0.0872. The van der Waals surface area contributed by atoms with Gasteiger partial charge in [0.25, 0.3) is 0 Å². The number of rotatable bonds is 3. The van der Waals surface area contributed by atoms with Crippen LogP contribution in [0.15, 0.2) is 10.6 Å². The molecule has 14 heavy (non-hydrogen) atoms. The zero-order valence-electron chi connectivity index (χ0n) is 8.27. The average Bonchev–Trinajstić information content (AvgIpc) is 2.86. The summed E-state index contributed by atoms with van der Waals surface area (Å²) in [7, 11) is 0. The Balaban J connectivity index is 2.08. The fraction of sp³-hybridized carbons (Fsp3) is 0.700. The molecule has 2 heterocycles. The molecule has 1 fully saturated rings. The van der Waals surface area contributed by atoms with E-state index >= 15 is 0 Å². The highest BCUT2D eigenvalue weighted by molar-refractivity contribution is 5.02. The highest BCUT2D eigenvalue weighted by Crippen LogP contribution is 2.29. The molecule has 1 aliphatic heterocycles. The normalized spacial score (nSPS) is 24.0. The van der Waals surface area contributed by atoms with Gasteiger partial charge in [-0.2, -0.15) is 0 Å². The van der Waals surface area contributed by atoms with Crippen LogP contribution in [-0.2, 0) is 4.74 Å². The van der Waals surface area contributed by atoms with E-state index in [1.807, 2.05) is 6.92 Å². The van der Waals surface area contributed by atoms with Crippen molar-refractivity contribution in [3.63, 3.8) is 0 Å². The minimum atomic E-state index is 0.0117. The van der Waals surface area contributed by atoms with E-state index in [0.29, 0.717) is 5.89 Å². The van der Waals surface area contributed by atoms with Gasteiger partial charge in [0.2, 0.25) is 5.89 Å². The third-order valence-corrected chi connectivity index (χ3v) is 2.51. The number of aliphatic hydroxyl groups is 1. The fourth-order valence-electron chi connectivity index (χ4n) is 1.54. The summed E-state index contributed by atoms with van der Waals surface area (Å²) in [5, 5.41) is 8.94. The Hall–Kier alpha value is -0.870. The highest BCUT2D eigenvalue weighted by Gasteiger charge is 2.23. The smallest absolute Gasteiger partial charge is 0.223 e. The van der Waals surface area contributed by atoms with E-state index in [-0.39, 0.29) is 18.6 Å². The molecule has 0 aromatic carbocycles. The van der Waals surface area contributed by atoms with E-state index in [1.54, 1.807) is 6.20 Å². The van der Waals surface area contributed by atoms with Crippen LogP contribution in [0.3, 0.4) is 0 Å². The second-order valence-electron chi connectivity index (χ2n) is 3.69. The molecule has 1 aromatic heterocycles. The van der Waals surface area contributed by atoms with Gasteiger partial charge in [-0.15, -0.1) is 0 Å². The van der Waals surface area contributed by atoms with E-state index in [1.165, 1.54) is 0 Å². The molecule has 0 saturated carbocycles. The number of hydrogen-bond donors (Lipinski definition) is 1. The molecule has 0 bridgehead atoms. The van der Waals surface area contributed by atoms with Gasteiger partial charge < -0.3 is 14.3 Å². The first-order chi connectivity index (χ1) is 6.81. The summed E-state index contributed by atoms with van der Waals surface area (Å²) in [6.07, 6.45) is 3.75. The summed E-state index contributed by atoms with van der Waals surface area (Å²) in [5.41, 5.74) is 0. The number of aliphatic hydroxyl groups excluding tert-OH is 1. The summed E-state index contributed by atoms with van der Waals surface area (Å²) in [4.78, 5) is 4.16. The summed E-state index contributed by atoms with van der Waals surface area (Å²) in [5.74, 6) is 1.40. The Labute approximate surface area is 82.9 Å². The van der Waals surface area contributed by atoms with Gasteiger partial charge in [0.05, 0.1) is 12.8 Å². The highest BCUT2D eigenvalue weighted by atomic mass is 16.5. The van der Waals surface area contributed by atoms with Crippen LogP contribution in [0.4, 0.5) is 0 Å². The Morgan fingerprint density at radius 3 is 3.21 bits per heavy atom. The fourth-order valence-corrected chi connectivity index (χ4v) is 1.54. The number of hydrogen-bond acceptors (Lipinski definition) is 4. The first-order valence-corrected chi connectivity index (χ1v) is 4.99. The molecule has 4 heteroatoms. The Morgan fingerprint density at radius 2 is 2.57 bits per heavy atom. The van der Waals surface area contributed by atoms with Crippen molar-refractivity contribution in [3.05, 3.63) is 17.8 Å². The van der Waals surface area contributed by atoms with Crippen molar-refractivity contribution in [1.82, 2.24) is 4.98 Å².